The Balaban J connectivity index is 2.01. The molecule has 0 atom stereocenters. The molecule has 20 heavy (non-hydrogen) atoms. The molecule has 1 heterocycles. The first kappa shape index (κ1) is 15.5. The molecule has 1 aliphatic rings. The van der Waals surface area contributed by atoms with Crippen LogP contribution in [0.2, 0.25) is 0 Å². The van der Waals surface area contributed by atoms with Crippen LogP contribution in [0.5, 0.6) is 0 Å². The molecule has 2 rings (SSSR count). The highest BCUT2D eigenvalue weighted by Gasteiger charge is 2.35. The highest BCUT2D eigenvalue weighted by atomic mass is 16.5. The van der Waals surface area contributed by atoms with Gasteiger partial charge < -0.3 is 15.0 Å². The van der Waals surface area contributed by atoms with Crippen LogP contribution in [0.15, 0.2) is 6.20 Å². The number of methoxy groups -OCH3 is 1. The third kappa shape index (κ3) is 3.83. The Labute approximate surface area is 122 Å². The van der Waals surface area contributed by atoms with Crippen LogP contribution in [0.3, 0.4) is 0 Å². The number of ether oxygens (including phenoxy) is 1. The maximum atomic E-state index is 5.89. The van der Waals surface area contributed by atoms with E-state index in [9.17, 15) is 0 Å². The monoisotopic (exact) mass is 279 g/mol. The summed E-state index contributed by atoms with van der Waals surface area (Å²) in [6.45, 7) is 6.32. The smallest absolute Gasteiger partial charge is 0.138 e. The van der Waals surface area contributed by atoms with Crippen molar-refractivity contribution in [2.24, 2.45) is 5.92 Å². The van der Waals surface area contributed by atoms with Gasteiger partial charge in [0.2, 0.25) is 0 Å². The highest BCUT2D eigenvalue weighted by molar-refractivity contribution is 5.09. The Morgan fingerprint density at radius 3 is 2.60 bits per heavy atom. The van der Waals surface area contributed by atoms with Gasteiger partial charge in [0.25, 0.3) is 0 Å². The number of rotatable bonds is 6. The molecule has 0 amide bonds. The van der Waals surface area contributed by atoms with Gasteiger partial charge in [0.1, 0.15) is 11.4 Å². The molecule has 0 saturated heterocycles. The molecular weight excluding hydrogens is 250 g/mol. The van der Waals surface area contributed by atoms with Crippen molar-refractivity contribution in [3.63, 3.8) is 0 Å². The first-order valence-corrected chi connectivity index (χ1v) is 7.96. The molecular formula is C16H29N3O. The Morgan fingerprint density at radius 1 is 1.30 bits per heavy atom. The van der Waals surface area contributed by atoms with Gasteiger partial charge in [0.15, 0.2) is 0 Å². The fraction of sp³-hybridized carbons (Fsp3) is 0.812. The van der Waals surface area contributed by atoms with Crippen molar-refractivity contribution in [2.45, 2.75) is 64.5 Å². The zero-order chi connectivity index (χ0) is 14.4. The molecule has 1 aromatic rings. The summed E-state index contributed by atoms with van der Waals surface area (Å²) >= 11 is 0. The van der Waals surface area contributed by atoms with Crippen LogP contribution in [0.25, 0.3) is 0 Å². The summed E-state index contributed by atoms with van der Waals surface area (Å²) < 4.78 is 5.89. The minimum atomic E-state index is -0.188. The Hall–Kier alpha value is -0.870. The number of nitrogens with zero attached hydrogens (tertiary/aromatic N) is 1. The summed E-state index contributed by atoms with van der Waals surface area (Å²) in [5.74, 6) is 1.69. The number of hydrogen-bond donors (Lipinski definition) is 2. The van der Waals surface area contributed by atoms with Crippen LogP contribution < -0.4 is 5.32 Å². The number of aromatic amines is 1. The third-order valence-electron chi connectivity index (χ3n) is 4.23. The van der Waals surface area contributed by atoms with E-state index in [1.807, 2.05) is 13.3 Å². The van der Waals surface area contributed by atoms with Gasteiger partial charge in [-0.05, 0) is 25.3 Å². The van der Waals surface area contributed by atoms with Crippen LogP contribution in [0.1, 0.15) is 63.9 Å². The molecule has 114 valence electrons. The average Bonchev–Trinajstić information content (AvgIpc) is 2.76. The van der Waals surface area contributed by atoms with E-state index < -0.39 is 0 Å². The lowest BCUT2D eigenvalue weighted by molar-refractivity contribution is -0.0345. The third-order valence-corrected chi connectivity index (χ3v) is 4.23. The average molecular weight is 279 g/mol. The minimum Gasteiger partial charge on any atom is -0.370 e. The van der Waals surface area contributed by atoms with Crippen LogP contribution in [-0.2, 0) is 16.9 Å². The lowest BCUT2D eigenvalue weighted by Gasteiger charge is -2.29. The van der Waals surface area contributed by atoms with Gasteiger partial charge >= 0.3 is 0 Å². The summed E-state index contributed by atoms with van der Waals surface area (Å²) in [5.41, 5.74) is 0.966. The van der Waals surface area contributed by atoms with Gasteiger partial charge in [-0.15, -0.1) is 0 Å². The quantitative estimate of drug-likeness (QED) is 0.785. The predicted molar refractivity (Wildman–Crippen MR) is 81.5 cm³/mol. The van der Waals surface area contributed by atoms with Crippen molar-refractivity contribution in [3.05, 3.63) is 17.7 Å². The highest BCUT2D eigenvalue weighted by Crippen LogP contribution is 2.37. The summed E-state index contributed by atoms with van der Waals surface area (Å²) in [4.78, 5) is 8.08. The summed E-state index contributed by atoms with van der Waals surface area (Å²) in [6, 6.07) is 0. The summed E-state index contributed by atoms with van der Waals surface area (Å²) in [5, 5.41) is 3.45. The van der Waals surface area contributed by atoms with E-state index in [-0.39, 0.29) is 5.60 Å². The molecule has 4 heteroatoms. The number of H-pyrrole nitrogens is 1. The molecule has 0 aliphatic heterocycles. The molecule has 0 aromatic carbocycles. The normalized spacial score (nSPS) is 19.2. The van der Waals surface area contributed by atoms with Gasteiger partial charge in [0.05, 0.1) is 0 Å². The standard InChI is InChI=1S/C16H29N3O/c1-13(2)10-17-11-14-12-18-15(19-14)16(20-3)8-6-4-5-7-9-16/h12-13,17H,4-11H2,1-3H3,(H,18,19). The van der Waals surface area contributed by atoms with Crippen LogP contribution in [0, 0.1) is 5.92 Å². The molecule has 0 radical (unpaired) electrons. The number of imidazole rings is 1. The van der Waals surface area contributed by atoms with E-state index in [0.29, 0.717) is 5.92 Å². The van der Waals surface area contributed by atoms with Crippen molar-refractivity contribution < 1.29 is 4.74 Å². The van der Waals surface area contributed by atoms with E-state index >= 15 is 0 Å². The molecule has 1 saturated carbocycles. The zero-order valence-electron chi connectivity index (χ0n) is 13.2. The second kappa shape index (κ2) is 7.23. The second-order valence-electron chi connectivity index (χ2n) is 6.39. The molecule has 0 unspecified atom stereocenters. The van der Waals surface area contributed by atoms with Crippen molar-refractivity contribution in [2.75, 3.05) is 13.7 Å². The molecule has 1 fully saturated rings. The largest absolute Gasteiger partial charge is 0.370 e. The number of aromatic nitrogens is 2. The van der Waals surface area contributed by atoms with Gasteiger partial charge in [-0.3, -0.25) is 0 Å². The van der Waals surface area contributed by atoms with E-state index in [4.69, 9.17) is 4.74 Å². The second-order valence-corrected chi connectivity index (χ2v) is 6.39. The Morgan fingerprint density at radius 2 is 2.00 bits per heavy atom. The van der Waals surface area contributed by atoms with Gasteiger partial charge in [-0.2, -0.15) is 0 Å². The lowest BCUT2D eigenvalue weighted by atomic mass is 9.93. The maximum absolute atomic E-state index is 5.89. The van der Waals surface area contributed by atoms with E-state index in [2.05, 4.69) is 29.1 Å². The molecule has 1 aromatic heterocycles. The van der Waals surface area contributed by atoms with E-state index in [0.717, 1.165) is 37.4 Å². The van der Waals surface area contributed by atoms with Crippen LogP contribution in [0.4, 0.5) is 0 Å². The molecule has 2 N–H and O–H groups in total. The molecule has 1 aliphatic carbocycles. The maximum Gasteiger partial charge on any atom is 0.138 e. The van der Waals surface area contributed by atoms with Gasteiger partial charge in [0, 0.05) is 25.5 Å². The zero-order valence-corrected chi connectivity index (χ0v) is 13.2. The molecule has 0 spiro atoms. The molecule has 0 bridgehead atoms. The molecule has 4 nitrogen and oxygen atoms in total. The fourth-order valence-electron chi connectivity index (χ4n) is 3.01. The van der Waals surface area contributed by atoms with Gasteiger partial charge in [-0.25, -0.2) is 4.98 Å². The lowest BCUT2D eigenvalue weighted by Crippen LogP contribution is -2.29. The first-order chi connectivity index (χ1) is 9.66. The minimum absolute atomic E-state index is 0.188. The van der Waals surface area contributed by atoms with Crippen molar-refractivity contribution in [1.29, 1.82) is 0 Å². The van der Waals surface area contributed by atoms with Crippen molar-refractivity contribution in [3.8, 4) is 0 Å². The fourth-order valence-corrected chi connectivity index (χ4v) is 3.01. The SMILES string of the molecule is COC1(c2ncc(CNCC(C)C)[nH]2)CCCCCC1. The number of hydrogen-bond acceptors (Lipinski definition) is 3. The van der Waals surface area contributed by atoms with Gasteiger partial charge in [-0.1, -0.05) is 39.5 Å². The Bertz CT molecular complexity index is 392. The Kier molecular flexibility index (Phi) is 5.61. The summed E-state index contributed by atoms with van der Waals surface area (Å²) in [6.07, 6.45) is 9.20. The van der Waals surface area contributed by atoms with E-state index in [1.165, 1.54) is 25.7 Å². The summed E-state index contributed by atoms with van der Waals surface area (Å²) in [7, 11) is 1.82. The topological polar surface area (TPSA) is 49.9 Å². The first-order valence-electron chi connectivity index (χ1n) is 7.96. The van der Waals surface area contributed by atoms with Crippen molar-refractivity contribution >= 4 is 0 Å². The van der Waals surface area contributed by atoms with E-state index in [1.54, 1.807) is 0 Å². The van der Waals surface area contributed by atoms with Crippen LogP contribution >= 0.6 is 0 Å². The van der Waals surface area contributed by atoms with Crippen LogP contribution in [-0.4, -0.2) is 23.6 Å². The van der Waals surface area contributed by atoms with Crippen molar-refractivity contribution in [1.82, 2.24) is 15.3 Å². The predicted octanol–water partition coefficient (Wildman–Crippen LogP) is 3.35. The number of nitrogens with one attached hydrogen (secondary N) is 2.